The van der Waals surface area contributed by atoms with Crippen molar-refractivity contribution >= 4 is 58.4 Å². The zero-order valence-corrected chi connectivity index (χ0v) is 34.3. The second-order valence-corrected chi connectivity index (χ2v) is 25.3. The van der Waals surface area contributed by atoms with Crippen molar-refractivity contribution in [3.05, 3.63) is 244 Å². The number of hydrogen-bond donors (Lipinski definition) is 0. The van der Waals surface area contributed by atoms with Crippen LogP contribution in [-0.4, -0.2) is 21.1 Å². The second-order valence-electron chi connectivity index (χ2n) is 17.4. The van der Waals surface area contributed by atoms with Crippen LogP contribution in [0.4, 0.5) is 0 Å². The number of nitrogens with zero attached hydrogens (tertiary/aromatic N) is 1. The highest BCUT2D eigenvalue weighted by Gasteiger charge is 2.51. The first-order valence-corrected chi connectivity index (χ1v) is 25.9. The minimum Gasteiger partial charge on any atom is -0.264 e. The molecule has 0 saturated heterocycles. The normalized spacial score (nSPS) is 16.8. The zero-order chi connectivity index (χ0) is 38.0. The van der Waals surface area contributed by atoms with Crippen molar-refractivity contribution in [2.75, 3.05) is 0 Å². The molecule has 5 heterocycles. The molecule has 2 spiro atoms. The van der Waals surface area contributed by atoms with Gasteiger partial charge < -0.3 is 0 Å². The summed E-state index contributed by atoms with van der Waals surface area (Å²) in [4.78, 5) is 4.96. The minimum atomic E-state index is -2.14. The summed E-state index contributed by atoms with van der Waals surface area (Å²) in [5.41, 5.74) is 15.0. The Labute approximate surface area is 341 Å². The Morgan fingerprint density at radius 2 is 0.638 bits per heavy atom. The standard InChI is InChI=1S/C55H41NSi2/c1-2-16-37-33-57(32-36(37)15-1)48-25-11-7-21-43(48)54(44-22-8-12-26-49(44)57)52-40-19-5-6-20-41(40)53(47-31-56-30-29-42(47)52)55-45-23-9-13-27-50(45)58(51-28-14-10-24-46(51)55)34-38-17-3-4-18-39(38)35-58/h1-31,54-55H,32-35H2. The lowest BCUT2D eigenvalue weighted by molar-refractivity contribution is 0.986. The van der Waals surface area contributed by atoms with Gasteiger partial charge in [0.1, 0.15) is 16.1 Å². The molecule has 0 radical (unpaired) electrons. The van der Waals surface area contributed by atoms with Crippen LogP contribution in [0.2, 0.25) is 0 Å². The molecule has 0 amide bonds. The van der Waals surface area contributed by atoms with E-state index in [9.17, 15) is 0 Å². The summed E-state index contributed by atoms with van der Waals surface area (Å²) >= 11 is 0. The Morgan fingerprint density at radius 1 is 0.328 bits per heavy atom. The molecule has 4 aliphatic heterocycles. The van der Waals surface area contributed by atoms with Crippen LogP contribution in [0.1, 0.15) is 67.5 Å². The van der Waals surface area contributed by atoms with Gasteiger partial charge in [0.05, 0.1) is 0 Å². The summed E-state index contributed by atoms with van der Waals surface area (Å²) in [6, 6.07) is 73.2. The van der Waals surface area contributed by atoms with E-state index in [0.29, 0.717) is 0 Å². The van der Waals surface area contributed by atoms with E-state index in [1.807, 2.05) is 6.20 Å². The van der Waals surface area contributed by atoms with Crippen LogP contribution in [-0.2, 0) is 24.2 Å². The number of rotatable bonds is 2. The lowest BCUT2D eigenvalue weighted by Gasteiger charge is -2.42. The molecule has 58 heavy (non-hydrogen) atoms. The summed E-state index contributed by atoms with van der Waals surface area (Å²) in [7, 11) is -4.28. The fraction of sp³-hybridized carbons (Fsp3) is 0.109. The number of hydrogen-bond acceptors (Lipinski definition) is 1. The van der Waals surface area contributed by atoms with Crippen LogP contribution in [0.3, 0.4) is 0 Å². The summed E-state index contributed by atoms with van der Waals surface area (Å²) in [5.74, 6) is 0.204. The predicted molar refractivity (Wildman–Crippen MR) is 245 cm³/mol. The van der Waals surface area contributed by atoms with E-state index in [4.69, 9.17) is 4.98 Å². The van der Waals surface area contributed by atoms with Crippen molar-refractivity contribution in [2.45, 2.75) is 36.0 Å². The molecule has 0 aliphatic carbocycles. The van der Waals surface area contributed by atoms with Gasteiger partial charge in [-0.3, -0.25) is 4.98 Å². The van der Waals surface area contributed by atoms with Gasteiger partial charge in [-0.25, -0.2) is 0 Å². The highest BCUT2D eigenvalue weighted by Crippen LogP contribution is 2.50. The Hall–Kier alpha value is -6.14. The van der Waals surface area contributed by atoms with E-state index >= 15 is 0 Å². The summed E-state index contributed by atoms with van der Waals surface area (Å²) < 4.78 is 0. The third-order valence-corrected chi connectivity index (χ3v) is 24.7. The summed E-state index contributed by atoms with van der Waals surface area (Å²) in [6.07, 6.45) is 4.23. The third kappa shape index (κ3) is 4.33. The molecular weight excluding hydrogens is 731 g/mol. The molecule has 0 fully saturated rings. The van der Waals surface area contributed by atoms with E-state index < -0.39 is 16.1 Å². The van der Waals surface area contributed by atoms with Gasteiger partial charge in [-0.05, 0) is 123 Å². The van der Waals surface area contributed by atoms with Crippen molar-refractivity contribution in [2.24, 2.45) is 0 Å². The molecule has 0 unspecified atom stereocenters. The molecule has 0 atom stereocenters. The number of pyridine rings is 1. The molecule has 13 rings (SSSR count). The first-order valence-electron chi connectivity index (χ1n) is 21.0. The van der Waals surface area contributed by atoms with Gasteiger partial charge >= 0.3 is 0 Å². The average molecular weight is 772 g/mol. The van der Waals surface area contributed by atoms with E-state index in [1.54, 1.807) is 43.0 Å². The monoisotopic (exact) mass is 771 g/mol. The van der Waals surface area contributed by atoms with Crippen LogP contribution in [0.25, 0.3) is 21.5 Å². The van der Waals surface area contributed by atoms with Crippen LogP contribution in [0.5, 0.6) is 0 Å². The maximum absolute atomic E-state index is 4.96. The van der Waals surface area contributed by atoms with Crippen molar-refractivity contribution in [3.8, 4) is 0 Å². The molecule has 1 nitrogen and oxygen atoms in total. The molecule has 274 valence electrons. The minimum absolute atomic E-state index is 0.0958. The topological polar surface area (TPSA) is 12.9 Å². The number of benzene rings is 8. The molecule has 0 bridgehead atoms. The molecule has 1 aromatic heterocycles. The third-order valence-electron chi connectivity index (χ3n) is 14.8. The largest absolute Gasteiger partial charge is 0.264 e. The first kappa shape index (κ1) is 32.9. The van der Waals surface area contributed by atoms with Crippen LogP contribution in [0.15, 0.2) is 188 Å². The highest BCUT2D eigenvalue weighted by molar-refractivity contribution is 7.03. The van der Waals surface area contributed by atoms with E-state index in [1.165, 1.54) is 79.1 Å². The van der Waals surface area contributed by atoms with Crippen LogP contribution < -0.4 is 20.7 Å². The average Bonchev–Trinajstić information content (AvgIpc) is 3.88. The fourth-order valence-corrected chi connectivity index (χ4v) is 23.8. The fourth-order valence-electron chi connectivity index (χ4n) is 12.7. The Balaban J connectivity index is 1.09. The molecule has 9 aromatic rings. The van der Waals surface area contributed by atoms with Gasteiger partial charge in [-0.1, -0.05) is 170 Å². The van der Waals surface area contributed by atoms with Crippen molar-refractivity contribution < 1.29 is 0 Å². The maximum Gasteiger partial charge on any atom is 0.127 e. The smallest absolute Gasteiger partial charge is 0.127 e. The van der Waals surface area contributed by atoms with E-state index in [0.717, 1.165) is 0 Å². The highest BCUT2D eigenvalue weighted by atomic mass is 28.3. The van der Waals surface area contributed by atoms with Gasteiger partial charge in [0, 0.05) is 29.6 Å². The Kier molecular flexibility index (Phi) is 6.91. The Morgan fingerprint density at radius 3 is 1.03 bits per heavy atom. The van der Waals surface area contributed by atoms with Crippen molar-refractivity contribution in [3.63, 3.8) is 0 Å². The SMILES string of the molecule is c1ccc2c(c1)C[Si]1(C2)c2ccccc2C(c2c3ccccc3c(C3c4ccccc4[Si]4(Cc5ccccc5C4)c4ccccc43)c3cnccc23)c2ccccc21. The molecule has 8 aromatic carbocycles. The molecular formula is C55H41NSi2. The van der Waals surface area contributed by atoms with Crippen LogP contribution in [0, 0.1) is 0 Å². The predicted octanol–water partition coefficient (Wildman–Crippen LogP) is 9.26. The number of fused-ring (bicyclic) bond motifs is 12. The van der Waals surface area contributed by atoms with Gasteiger partial charge in [0.2, 0.25) is 0 Å². The second kappa shape index (κ2) is 12.2. The molecule has 3 heteroatoms. The Bertz CT molecular complexity index is 2760. The lowest BCUT2D eigenvalue weighted by Crippen LogP contribution is -2.65. The van der Waals surface area contributed by atoms with E-state index in [-0.39, 0.29) is 11.8 Å². The quantitative estimate of drug-likeness (QED) is 0.126. The maximum atomic E-state index is 4.96. The molecule has 4 aliphatic rings. The van der Waals surface area contributed by atoms with Crippen LogP contribution >= 0.6 is 0 Å². The van der Waals surface area contributed by atoms with Gasteiger partial charge in [0.25, 0.3) is 0 Å². The van der Waals surface area contributed by atoms with E-state index in [2.05, 4.69) is 182 Å². The van der Waals surface area contributed by atoms with Gasteiger partial charge in [0.15, 0.2) is 0 Å². The lowest BCUT2D eigenvalue weighted by atomic mass is 9.75. The molecule has 0 saturated carbocycles. The number of aromatic nitrogens is 1. The zero-order valence-electron chi connectivity index (χ0n) is 32.3. The van der Waals surface area contributed by atoms with Crippen molar-refractivity contribution in [1.82, 2.24) is 4.98 Å². The summed E-state index contributed by atoms with van der Waals surface area (Å²) in [5, 5.41) is 11.8. The first-order chi connectivity index (χ1) is 28.7. The van der Waals surface area contributed by atoms with Gasteiger partial charge in [-0.2, -0.15) is 0 Å². The molecule has 0 N–H and O–H groups in total. The van der Waals surface area contributed by atoms with Gasteiger partial charge in [-0.15, -0.1) is 0 Å². The summed E-state index contributed by atoms with van der Waals surface area (Å²) in [6.45, 7) is 0. The van der Waals surface area contributed by atoms with Crippen molar-refractivity contribution in [1.29, 1.82) is 0 Å².